The Morgan fingerprint density at radius 3 is 2.44 bits per heavy atom. The number of nitrogens with one attached hydrogen (secondary N) is 2. The predicted octanol–water partition coefficient (Wildman–Crippen LogP) is 4.99. The summed E-state index contributed by atoms with van der Waals surface area (Å²) in [6.45, 7) is 1.98. The fraction of sp³-hybridized carbons (Fsp3) is 0.278. The Kier molecular flexibility index (Phi) is 6.36. The number of carbonyl (C=O) groups excluding carboxylic acids is 1. The molecule has 0 fully saturated rings. The monoisotopic (exact) mass is 368 g/mol. The maximum absolute atomic E-state index is 12.8. The Hall–Kier alpha value is -2.15. The minimum absolute atomic E-state index is 0.343. The molecule has 0 heterocycles. The molecule has 0 bridgehead atoms. The number of urea groups is 1. The van der Waals surface area contributed by atoms with E-state index in [0.717, 1.165) is 22.6 Å². The molecule has 0 saturated carbocycles. The Bertz CT molecular complexity index is 717. The molecule has 0 aliphatic carbocycles. The maximum Gasteiger partial charge on any atom is 0.416 e. The highest BCUT2D eigenvalue weighted by molar-refractivity contribution is 7.98. The lowest BCUT2D eigenvalue weighted by molar-refractivity contribution is -0.137. The van der Waals surface area contributed by atoms with Gasteiger partial charge in [0.2, 0.25) is 0 Å². The summed E-state index contributed by atoms with van der Waals surface area (Å²) in [5.41, 5.74) is 0.613. The van der Waals surface area contributed by atoms with Crippen LogP contribution in [0.3, 0.4) is 0 Å². The summed E-state index contributed by atoms with van der Waals surface area (Å²) in [5.74, 6) is 0. The van der Waals surface area contributed by atoms with E-state index < -0.39 is 23.8 Å². The van der Waals surface area contributed by atoms with Crippen LogP contribution in [0.2, 0.25) is 0 Å². The van der Waals surface area contributed by atoms with E-state index in [4.69, 9.17) is 0 Å². The molecule has 7 heteroatoms. The van der Waals surface area contributed by atoms with E-state index in [0.29, 0.717) is 12.1 Å². The molecule has 1 unspecified atom stereocenters. The van der Waals surface area contributed by atoms with Crippen molar-refractivity contribution in [2.75, 3.05) is 6.26 Å². The van der Waals surface area contributed by atoms with Gasteiger partial charge in [-0.1, -0.05) is 24.3 Å². The van der Waals surface area contributed by atoms with Crippen LogP contribution in [0.4, 0.5) is 18.0 Å². The van der Waals surface area contributed by atoms with Crippen molar-refractivity contribution in [3.8, 4) is 0 Å². The third-order valence-electron chi connectivity index (χ3n) is 3.67. The second-order valence-electron chi connectivity index (χ2n) is 5.52. The summed E-state index contributed by atoms with van der Waals surface area (Å²) in [5, 5.41) is 5.35. The Balaban J connectivity index is 1.91. The highest BCUT2D eigenvalue weighted by atomic mass is 32.2. The molecule has 0 radical (unpaired) electrons. The maximum atomic E-state index is 12.8. The van der Waals surface area contributed by atoms with Crippen LogP contribution in [0.1, 0.15) is 29.7 Å². The molecule has 2 aromatic carbocycles. The van der Waals surface area contributed by atoms with Crippen molar-refractivity contribution in [2.24, 2.45) is 0 Å². The zero-order valence-corrected chi connectivity index (χ0v) is 14.7. The lowest BCUT2D eigenvalue weighted by atomic mass is 10.1. The van der Waals surface area contributed by atoms with Gasteiger partial charge < -0.3 is 10.6 Å². The predicted molar refractivity (Wildman–Crippen MR) is 93.5 cm³/mol. The van der Waals surface area contributed by atoms with E-state index in [9.17, 15) is 18.0 Å². The Morgan fingerprint density at radius 2 is 1.84 bits per heavy atom. The van der Waals surface area contributed by atoms with Gasteiger partial charge in [0, 0.05) is 11.4 Å². The molecule has 2 aromatic rings. The van der Waals surface area contributed by atoms with Crippen molar-refractivity contribution in [3.05, 3.63) is 65.2 Å². The zero-order valence-electron chi connectivity index (χ0n) is 13.9. The standard InChI is InChI=1S/C18H19F3N2OS/c1-12(14-4-3-5-15(10-14)18(19,20)21)23-17(24)22-11-13-6-8-16(25-2)9-7-13/h3-10,12H,11H2,1-2H3,(H2,22,23,24). The van der Waals surface area contributed by atoms with E-state index >= 15 is 0 Å². The van der Waals surface area contributed by atoms with Gasteiger partial charge in [0.1, 0.15) is 0 Å². The first-order chi connectivity index (χ1) is 11.8. The number of carbonyl (C=O) groups is 1. The largest absolute Gasteiger partial charge is 0.416 e. The van der Waals surface area contributed by atoms with Crippen molar-refractivity contribution in [2.45, 2.75) is 30.6 Å². The number of amides is 2. The van der Waals surface area contributed by atoms with Gasteiger partial charge in [0.25, 0.3) is 0 Å². The number of benzene rings is 2. The molecule has 2 rings (SSSR count). The van der Waals surface area contributed by atoms with Crippen molar-refractivity contribution < 1.29 is 18.0 Å². The second-order valence-corrected chi connectivity index (χ2v) is 6.40. The molecule has 0 spiro atoms. The molecule has 2 N–H and O–H groups in total. The van der Waals surface area contributed by atoms with E-state index in [1.165, 1.54) is 6.07 Å². The average molecular weight is 368 g/mol. The summed E-state index contributed by atoms with van der Waals surface area (Å²) in [4.78, 5) is 13.1. The molecule has 0 saturated heterocycles. The van der Waals surface area contributed by atoms with Gasteiger partial charge in [0.15, 0.2) is 0 Å². The molecule has 2 amide bonds. The van der Waals surface area contributed by atoms with Crippen LogP contribution < -0.4 is 10.6 Å². The van der Waals surface area contributed by atoms with Crippen LogP contribution in [0.5, 0.6) is 0 Å². The summed E-state index contributed by atoms with van der Waals surface area (Å²) in [6.07, 6.45) is -2.42. The van der Waals surface area contributed by atoms with Crippen molar-refractivity contribution in [3.63, 3.8) is 0 Å². The summed E-state index contributed by atoms with van der Waals surface area (Å²) >= 11 is 1.63. The van der Waals surface area contributed by atoms with E-state index in [-0.39, 0.29) is 0 Å². The normalized spacial score (nSPS) is 12.5. The SMILES string of the molecule is CSc1ccc(CNC(=O)NC(C)c2cccc(C(F)(F)F)c2)cc1. The first-order valence-electron chi connectivity index (χ1n) is 7.64. The third-order valence-corrected chi connectivity index (χ3v) is 4.42. The lowest BCUT2D eigenvalue weighted by Gasteiger charge is -2.17. The quantitative estimate of drug-likeness (QED) is 0.730. The molecule has 25 heavy (non-hydrogen) atoms. The molecule has 0 aliphatic heterocycles. The Labute approximate surface area is 149 Å². The topological polar surface area (TPSA) is 41.1 Å². The number of hydrogen-bond donors (Lipinski definition) is 2. The second kappa shape index (κ2) is 8.29. The minimum Gasteiger partial charge on any atom is -0.334 e. The van der Waals surface area contributed by atoms with E-state index in [2.05, 4.69) is 10.6 Å². The molecule has 0 aromatic heterocycles. The molecule has 134 valence electrons. The number of alkyl halides is 3. The number of hydrogen-bond acceptors (Lipinski definition) is 2. The number of thioether (sulfide) groups is 1. The van der Waals surface area contributed by atoms with E-state index in [1.807, 2.05) is 30.5 Å². The Morgan fingerprint density at radius 1 is 1.16 bits per heavy atom. The van der Waals surface area contributed by atoms with Crippen molar-refractivity contribution in [1.82, 2.24) is 10.6 Å². The molecule has 0 aliphatic rings. The van der Waals surface area contributed by atoms with Crippen LogP contribution in [-0.4, -0.2) is 12.3 Å². The highest BCUT2D eigenvalue weighted by Crippen LogP contribution is 2.30. The van der Waals surface area contributed by atoms with Crippen LogP contribution in [0, 0.1) is 0 Å². The number of halogens is 3. The smallest absolute Gasteiger partial charge is 0.334 e. The molecular weight excluding hydrogens is 349 g/mol. The minimum atomic E-state index is -4.40. The average Bonchev–Trinajstić information content (AvgIpc) is 2.59. The van der Waals surface area contributed by atoms with Gasteiger partial charge in [-0.05, 0) is 48.6 Å². The van der Waals surface area contributed by atoms with Crippen LogP contribution >= 0.6 is 11.8 Å². The zero-order chi connectivity index (χ0) is 18.4. The van der Waals surface area contributed by atoms with Crippen LogP contribution in [0.25, 0.3) is 0 Å². The van der Waals surface area contributed by atoms with E-state index in [1.54, 1.807) is 24.8 Å². The lowest BCUT2D eigenvalue weighted by Crippen LogP contribution is -2.36. The third kappa shape index (κ3) is 5.70. The van der Waals surface area contributed by atoms with Gasteiger partial charge in [-0.3, -0.25) is 0 Å². The van der Waals surface area contributed by atoms with Gasteiger partial charge in [-0.2, -0.15) is 13.2 Å². The summed E-state index contributed by atoms with van der Waals surface area (Å²) in [6, 6.07) is 11.7. The van der Waals surface area contributed by atoms with Crippen molar-refractivity contribution in [1.29, 1.82) is 0 Å². The fourth-order valence-corrected chi connectivity index (χ4v) is 2.65. The molecule has 1 atom stereocenters. The molecular formula is C18H19F3N2OS. The molecule has 3 nitrogen and oxygen atoms in total. The first-order valence-corrected chi connectivity index (χ1v) is 8.86. The van der Waals surface area contributed by atoms with Crippen LogP contribution in [-0.2, 0) is 12.7 Å². The first kappa shape index (κ1) is 19.2. The summed E-state index contributed by atoms with van der Waals surface area (Å²) < 4.78 is 38.3. The van der Waals surface area contributed by atoms with Gasteiger partial charge in [-0.25, -0.2) is 4.79 Å². The van der Waals surface area contributed by atoms with Crippen molar-refractivity contribution >= 4 is 17.8 Å². The summed E-state index contributed by atoms with van der Waals surface area (Å²) in [7, 11) is 0. The van der Waals surface area contributed by atoms with Crippen LogP contribution in [0.15, 0.2) is 53.4 Å². The fourth-order valence-electron chi connectivity index (χ4n) is 2.24. The van der Waals surface area contributed by atoms with Gasteiger partial charge in [-0.15, -0.1) is 11.8 Å². The van der Waals surface area contributed by atoms with Gasteiger partial charge >= 0.3 is 12.2 Å². The van der Waals surface area contributed by atoms with Gasteiger partial charge in [0.05, 0.1) is 11.6 Å². The number of rotatable bonds is 5. The highest BCUT2D eigenvalue weighted by Gasteiger charge is 2.30.